The summed E-state index contributed by atoms with van der Waals surface area (Å²) in [4.78, 5) is 13.2. The zero-order valence-electron chi connectivity index (χ0n) is 14.8. The van der Waals surface area contributed by atoms with E-state index in [1.165, 1.54) is 5.56 Å². The maximum atomic E-state index is 8.87. The molecule has 0 radical (unpaired) electrons. The molecule has 1 saturated heterocycles. The van der Waals surface area contributed by atoms with Gasteiger partial charge in [0.1, 0.15) is 5.82 Å². The van der Waals surface area contributed by atoms with Gasteiger partial charge in [-0.3, -0.25) is 4.90 Å². The molecule has 1 fully saturated rings. The van der Waals surface area contributed by atoms with Gasteiger partial charge in [-0.15, -0.1) is 0 Å². The van der Waals surface area contributed by atoms with Crippen molar-refractivity contribution in [3.8, 4) is 6.07 Å². The maximum Gasteiger partial charge on any atom is 0.226 e. The van der Waals surface area contributed by atoms with Gasteiger partial charge in [-0.1, -0.05) is 12.1 Å². The molecule has 1 aliphatic rings. The van der Waals surface area contributed by atoms with Crippen molar-refractivity contribution < 1.29 is 0 Å². The van der Waals surface area contributed by atoms with Crippen LogP contribution in [0.25, 0.3) is 0 Å². The lowest BCUT2D eigenvalue weighted by molar-refractivity contribution is 0.211. The Hall–Kier alpha value is -2.65. The van der Waals surface area contributed by atoms with Crippen LogP contribution in [0.4, 0.5) is 11.8 Å². The predicted octanol–water partition coefficient (Wildman–Crippen LogP) is 2.49. The van der Waals surface area contributed by atoms with Crippen molar-refractivity contribution in [2.75, 3.05) is 37.4 Å². The van der Waals surface area contributed by atoms with Crippen LogP contribution >= 0.6 is 0 Å². The fourth-order valence-electron chi connectivity index (χ4n) is 3.03. The van der Waals surface area contributed by atoms with Crippen LogP contribution < -0.4 is 10.2 Å². The average molecular weight is 336 g/mol. The Morgan fingerprint density at radius 3 is 2.56 bits per heavy atom. The van der Waals surface area contributed by atoms with E-state index in [2.05, 4.69) is 26.3 Å². The lowest BCUT2D eigenvalue weighted by Gasteiger charge is -2.32. The summed E-state index contributed by atoms with van der Waals surface area (Å²) in [5, 5.41) is 12.4. The normalized spacial score (nSPS) is 15.6. The minimum atomic E-state index is 0.446. The van der Waals surface area contributed by atoms with E-state index in [0.717, 1.165) is 44.2 Å². The summed E-state index contributed by atoms with van der Waals surface area (Å²) in [7, 11) is 3.89. The van der Waals surface area contributed by atoms with Crippen LogP contribution in [0, 0.1) is 11.3 Å². The SMILES string of the molecule is CN(C)c1nccc(NC2CCN(Cc3ccc(C#N)cc3)CC2)n1. The lowest BCUT2D eigenvalue weighted by atomic mass is 10.0. The minimum Gasteiger partial charge on any atom is -0.367 e. The number of nitrogens with one attached hydrogen (secondary N) is 1. The Kier molecular flexibility index (Phi) is 5.46. The van der Waals surface area contributed by atoms with E-state index in [4.69, 9.17) is 5.26 Å². The highest BCUT2D eigenvalue weighted by molar-refractivity contribution is 5.41. The van der Waals surface area contributed by atoms with Crippen molar-refractivity contribution in [3.05, 3.63) is 47.7 Å². The number of nitrogens with zero attached hydrogens (tertiary/aromatic N) is 5. The molecular weight excluding hydrogens is 312 g/mol. The fraction of sp³-hybridized carbons (Fsp3) is 0.421. The van der Waals surface area contributed by atoms with E-state index < -0.39 is 0 Å². The third-order valence-electron chi connectivity index (χ3n) is 4.47. The van der Waals surface area contributed by atoms with Crippen LogP contribution in [0.5, 0.6) is 0 Å². The Morgan fingerprint density at radius 2 is 1.92 bits per heavy atom. The number of aromatic nitrogens is 2. The highest BCUT2D eigenvalue weighted by Gasteiger charge is 2.19. The molecule has 1 aromatic heterocycles. The molecule has 25 heavy (non-hydrogen) atoms. The Labute approximate surface area is 149 Å². The third kappa shape index (κ3) is 4.68. The summed E-state index contributed by atoms with van der Waals surface area (Å²) in [6.45, 7) is 3.06. The van der Waals surface area contributed by atoms with Gasteiger partial charge in [-0.05, 0) is 36.6 Å². The second-order valence-electron chi connectivity index (χ2n) is 6.64. The van der Waals surface area contributed by atoms with Gasteiger partial charge in [0.2, 0.25) is 5.95 Å². The van der Waals surface area contributed by atoms with E-state index in [9.17, 15) is 0 Å². The van der Waals surface area contributed by atoms with Gasteiger partial charge in [-0.2, -0.15) is 10.2 Å². The Balaban J connectivity index is 1.50. The van der Waals surface area contributed by atoms with Gasteiger partial charge in [0.05, 0.1) is 11.6 Å². The first-order valence-electron chi connectivity index (χ1n) is 8.62. The predicted molar refractivity (Wildman–Crippen MR) is 99.4 cm³/mol. The van der Waals surface area contributed by atoms with Crippen molar-refractivity contribution in [3.63, 3.8) is 0 Å². The summed E-state index contributed by atoms with van der Waals surface area (Å²) in [5.41, 5.74) is 1.98. The first-order chi connectivity index (χ1) is 12.1. The number of benzene rings is 1. The average Bonchev–Trinajstić information content (AvgIpc) is 2.64. The Bertz CT molecular complexity index is 726. The van der Waals surface area contributed by atoms with E-state index in [0.29, 0.717) is 11.6 Å². The molecule has 1 aliphatic heterocycles. The summed E-state index contributed by atoms with van der Waals surface area (Å²) < 4.78 is 0. The van der Waals surface area contributed by atoms with Gasteiger partial charge < -0.3 is 10.2 Å². The van der Waals surface area contributed by atoms with Gasteiger partial charge in [0.25, 0.3) is 0 Å². The van der Waals surface area contributed by atoms with E-state index >= 15 is 0 Å². The topological polar surface area (TPSA) is 68.1 Å². The van der Waals surface area contributed by atoms with Crippen LogP contribution in [0.2, 0.25) is 0 Å². The quantitative estimate of drug-likeness (QED) is 0.905. The minimum absolute atomic E-state index is 0.446. The first-order valence-corrected chi connectivity index (χ1v) is 8.62. The molecule has 3 rings (SSSR count). The Morgan fingerprint density at radius 1 is 1.20 bits per heavy atom. The molecule has 0 amide bonds. The van der Waals surface area contributed by atoms with Gasteiger partial charge in [0.15, 0.2) is 0 Å². The molecule has 0 saturated carbocycles. The summed E-state index contributed by atoms with van der Waals surface area (Å²) in [6.07, 6.45) is 3.99. The van der Waals surface area contributed by atoms with E-state index in [1.807, 2.05) is 49.3 Å². The van der Waals surface area contributed by atoms with Crippen molar-refractivity contribution in [2.24, 2.45) is 0 Å². The molecule has 0 atom stereocenters. The van der Waals surface area contributed by atoms with Crippen LogP contribution in [-0.2, 0) is 6.54 Å². The lowest BCUT2D eigenvalue weighted by Crippen LogP contribution is -2.38. The van der Waals surface area contributed by atoms with Crippen molar-refractivity contribution in [2.45, 2.75) is 25.4 Å². The molecule has 0 unspecified atom stereocenters. The van der Waals surface area contributed by atoms with Gasteiger partial charge >= 0.3 is 0 Å². The fourth-order valence-corrected chi connectivity index (χ4v) is 3.03. The van der Waals surface area contributed by atoms with E-state index in [1.54, 1.807) is 6.20 Å². The summed E-state index contributed by atoms with van der Waals surface area (Å²) in [5.74, 6) is 1.62. The zero-order valence-corrected chi connectivity index (χ0v) is 14.8. The van der Waals surface area contributed by atoms with Crippen LogP contribution in [-0.4, -0.2) is 48.1 Å². The number of rotatable bonds is 5. The van der Waals surface area contributed by atoms with E-state index in [-0.39, 0.29) is 0 Å². The monoisotopic (exact) mass is 336 g/mol. The molecule has 1 N–H and O–H groups in total. The highest BCUT2D eigenvalue weighted by atomic mass is 15.2. The summed E-state index contributed by atoms with van der Waals surface area (Å²) in [6, 6.07) is 12.4. The molecule has 6 nitrogen and oxygen atoms in total. The van der Waals surface area contributed by atoms with Gasteiger partial charge in [0, 0.05) is 46.0 Å². The van der Waals surface area contributed by atoms with Crippen molar-refractivity contribution in [1.82, 2.24) is 14.9 Å². The van der Waals surface area contributed by atoms with Crippen LogP contribution in [0.15, 0.2) is 36.5 Å². The molecule has 0 spiro atoms. The number of anilines is 2. The largest absolute Gasteiger partial charge is 0.367 e. The molecule has 6 heteroatoms. The highest BCUT2D eigenvalue weighted by Crippen LogP contribution is 2.18. The molecular formula is C19H24N6. The standard InChI is InChI=1S/C19H24N6/c1-24(2)19-21-10-7-18(23-19)22-17-8-11-25(12-9-17)14-16-5-3-15(13-20)4-6-16/h3-7,10,17H,8-9,11-12,14H2,1-2H3,(H,21,22,23). The second-order valence-corrected chi connectivity index (χ2v) is 6.64. The van der Waals surface area contributed by atoms with Crippen molar-refractivity contribution >= 4 is 11.8 Å². The number of hydrogen-bond acceptors (Lipinski definition) is 6. The third-order valence-corrected chi connectivity index (χ3v) is 4.47. The molecule has 0 aliphatic carbocycles. The molecule has 2 aromatic rings. The molecule has 2 heterocycles. The van der Waals surface area contributed by atoms with Crippen molar-refractivity contribution in [1.29, 1.82) is 5.26 Å². The van der Waals surface area contributed by atoms with Crippen LogP contribution in [0.3, 0.4) is 0 Å². The smallest absolute Gasteiger partial charge is 0.226 e. The van der Waals surface area contributed by atoms with Crippen LogP contribution in [0.1, 0.15) is 24.0 Å². The maximum absolute atomic E-state index is 8.87. The number of nitriles is 1. The molecule has 0 bridgehead atoms. The molecule has 1 aromatic carbocycles. The number of hydrogen-bond donors (Lipinski definition) is 1. The number of piperidine rings is 1. The first kappa shape index (κ1) is 17.2. The number of likely N-dealkylation sites (tertiary alicyclic amines) is 1. The van der Waals surface area contributed by atoms with Gasteiger partial charge in [-0.25, -0.2) is 4.98 Å². The molecule has 130 valence electrons. The zero-order chi connectivity index (χ0) is 17.6. The summed E-state index contributed by atoms with van der Waals surface area (Å²) >= 11 is 0. The second kappa shape index (κ2) is 7.95.